The van der Waals surface area contributed by atoms with E-state index in [9.17, 15) is 17.6 Å². The Morgan fingerprint density at radius 2 is 1.71 bits per heavy atom. The van der Waals surface area contributed by atoms with E-state index >= 15 is 0 Å². The molecule has 0 radical (unpaired) electrons. The Bertz CT molecular complexity index is 665. The zero-order valence-electron chi connectivity index (χ0n) is 10.7. The smallest absolute Gasteiger partial charge is 0.254 e. The van der Waals surface area contributed by atoms with Crippen LogP contribution in [-0.4, -0.2) is 18.3 Å². The van der Waals surface area contributed by atoms with Crippen molar-refractivity contribution in [2.24, 2.45) is 5.10 Å². The minimum absolute atomic E-state index is 0.469. The van der Waals surface area contributed by atoms with E-state index in [4.69, 9.17) is 4.74 Å². The lowest BCUT2D eigenvalue weighted by atomic mass is 10.2. The molecule has 0 aliphatic heterocycles. The largest absolute Gasteiger partial charge is 0.496 e. The van der Waals surface area contributed by atoms with Gasteiger partial charge in [-0.2, -0.15) is 27.6 Å². The molecule has 8 heteroatoms. The fourth-order valence-electron chi connectivity index (χ4n) is 1.52. The van der Waals surface area contributed by atoms with E-state index in [1.165, 1.54) is 13.3 Å². The summed E-state index contributed by atoms with van der Waals surface area (Å²) in [5, 5.41) is 3.53. The van der Waals surface area contributed by atoms with Gasteiger partial charge in [0.15, 0.2) is 0 Å². The van der Waals surface area contributed by atoms with Crippen LogP contribution in [0.5, 0.6) is 5.75 Å². The lowest BCUT2D eigenvalue weighted by molar-refractivity contribution is 0.411. The SMILES string of the molecule is COc1ccccc1/C=N\Nc1c(F)c(F)nc(F)c1F. The molecule has 0 bridgehead atoms. The minimum atomic E-state index is -1.76. The van der Waals surface area contributed by atoms with E-state index in [-0.39, 0.29) is 0 Å². The van der Waals surface area contributed by atoms with Crippen LogP contribution in [0, 0.1) is 23.5 Å². The third kappa shape index (κ3) is 3.10. The Kier molecular flexibility index (Phi) is 4.36. The van der Waals surface area contributed by atoms with Crippen LogP contribution in [-0.2, 0) is 0 Å². The molecule has 1 heterocycles. The molecule has 1 N–H and O–H groups in total. The van der Waals surface area contributed by atoms with Gasteiger partial charge in [-0.05, 0) is 12.1 Å². The third-order valence-corrected chi connectivity index (χ3v) is 2.52. The molecule has 0 aliphatic rings. The van der Waals surface area contributed by atoms with Crippen LogP contribution in [0.25, 0.3) is 0 Å². The minimum Gasteiger partial charge on any atom is -0.496 e. The third-order valence-electron chi connectivity index (χ3n) is 2.52. The molecule has 0 atom stereocenters. The van der Waals surface area contributed by atoms with Crippen LogP contribution in [0.2, 0.25) is 0 Å². The average Bonchev–Trinajstić information content (AvgIpc) is 2.49. The quantitative estimate of drug-likeness (QED) is 0.408. The number of para-hydroxylation sites is 1. The van der Waals surface area contributed by atoms with Gasteiger partial charge in [0.2, 0.25) is 11.6 Å². The second-order valence-corrected chi connectivity index (χ2v) is 3.81. The second kappa shape index (κ2) is 6.21. The fraction of sp³-hybridized carbons (Fsp3) is 0.0769. The first-order chi connectivity index (χ1) is 10.0. The number of pyridine rings is 1. The number of benzene rings is 1. The maximum absolute atomic E-state index is 13.3. The van der Waals surface area contributed by atoms with Crippen LogP contribution in [0.15, 0.2) is 29.4 Å². The van der Waals surface area contributed by atoms with Gasteiger partial charge in [-0.25, -0.2) is 0 Å². The number of rotatable bonds is 4. The van der Waals surface area contributed by atoms with Crippen molar-refractivity contribution in [3.8, 4) is 5.75 Å². The van der Waals surface area contributed by atoms with Crippen molar-refractivity contribution in [2.45, 2.75) is 0 Å². The predicted molar refractivity (Wildman–Crippen MR) is 68.3 cm³/mol. The van der Waals surface area contributed by atoms with Crippen molar-refractivity contribution in [1.29, 1.82) is 0 Å². The Morgan fingerprint density at radius 1 is 1.10 bits per heavy atom. The van der Waals surface area contributed by atoms with E-state index in [0.29, 0.717) is 11.3 Å². The van der Waals surface area contributed by atoms with Crippen molar-refractivity contribution < 1.29 is 22.3 Å². The number of ether oxygens (including phenoxy) is 1. The molecule has 4 nitrogen and oxygen atoms in total. The highest BCUT2D eigenvalue weighted by Gasteiger charge is 2.20. The van der Waals surface area contributed by atoms with Gasteiger partial charge in [-0.3, -0.25) is 5.43 Å². The summed E-state index contributed by atoms with van der Waals surface area (Å²) in [5.41, 5.74) is 1.35. The van der Waals surface area contributed by atoms with Gasteiger partial charge in [-0.1, -0.05) is 12.1 Å². The van der Waals surface area contributed by atoms with Gasteiger partial charge >= 0.3 is 0 Å². The van der Waals surface area contributed by atoms with Crippen LogP contribution >= 0.6 is 0 Å². The van der Waals surface area contributed by atoms with Gasteiger partial charge in [0.1, 0.15) is 11.4 Å². The molecule has 0 saturated carbocycles. The summed E-state index contributed by atoms with van der Waals surface area (Å²) in [6.45, 7) is 0. The molecule has 0 unspecified atom stereocenters. The monoisotopic (exact) mass is 299 g/mol. The van der Waals surface area contributed by atoms with Crippen LogP contribution in [0.4, 0.5) is 23.2 Å². The molecule has 0 spiro atoms. The molecule has 0 fully saturated rings. The van der Waals surface area contributed by atoms with Crippen molar-refractivity contribution in [1.82, 2.24) is 4.98 Å². The zero-order valence-corrected chi connectivity index (χ0v) is 10.7. The lowest BCUT2D eigenvalue weighted by Crippen LogP contribution is -2.06. The van der Waals surface area contributed by atoms with E-state index < -0.39 is 29.2 Å². The summed E-state index contributed by atoms with van der Waals surface area (Å²) in [4.78, 5) is 2.43. The number of halogens is 4. The normalized spacial score (nSPS) is 10.9. The molecule has 1 aromatic carbocycles. The molecule has 2 rings (SSSR count). The average molecular weight is 299 g/mol. The maximum Gasteiger partial charge on any atom is 0.254 e. The van der Waals surface area contributed by atoms with Gasteiger partial charge in [-0.15, -0.1) is 0 Å². The Labute approximate surface area is 117 Å². The molecule has 21 heavy (non-hydrogen) atoms. The first-order valence-electron chi connectivity index (χ1n) is 5.66. The Morgan fingerprint density at radius 3 is 2.33 bits per heavy atom. The Hall–Kier alpha value is -2.64. The number of nitrogens with zero attached hydrogens (tertiary/aromatic N) is 2. The summed E-state index contributed by atoms with van der Waals surface area (Å²) < 4.78 is 57.4. The van der Waals surface area contributed by atoms with Crippen LogP contribution in [0.1, 0.15) is 5.56 Å². The van der Waals surface area contributed by atoms with E-state index in [1.807, 2.05) is 5.43 Å². The molecule has 0 aliphatic carbocycles. The topological polar surface area (TPSA) is 46.5 Å². The van der Waals surface area contributed by atoms with Crippen molar-refractivity contribution in [2.75, 3.05) is 12.5 Å². The Balaban J connectivity index is 2.26. The molecule has 1 aromatic heterocycles. The van der Waals surface area contributed by atoms with Crippen molar-refractivity contribution >= 4 is 11.9 Å². The van der Waals surface area contributed by atoms with E-state index in [2.05, 4.69) is 10.1 Å². The number of nitrogens with one attached hydrogen (secondary N) is 1. The number of anilines is 1. The van der Waals surface area contributed by atoms with Gasteiger partial charge in [0, 0.05) is 5.56 Å². The standard InChI is InChI=1S/C13H9F4N3O/c1-21-8-5-3-2-4-7(8)6-18-20-11-9(14)12(16)19-13(17)10(11)15/h2-6H,1H3,(H,19,20)/b18-6-. The fourth-order valence-corrected chi connectivity index (χ4v) is 1.52. The van der Waals surface area contributed by atoms with Crippen LogP contribution < -0.4 is 10.2 Å². The number of hydrazone groups is 1. The second-order valence-electron chi connectivity index (χ2n) is 3.81. The molecular formula is C13H9F4N3O. The highest BCUT2D eigenvalue weighted by atomic mass is 19.2. The van der Waals surface area contributed by atoms with E-state index in [0.717, 1.165) is 0 Å². The van der Waals surface area contributed by atoms with Crippen molar-refractivity contribution in [3.05, 3.63) is 53.4 Å². The molecule has 0 amide bonds. The van der Waals surface area contributed by atoms with Gasteiger partial charge < -0.3 is 4.74 Å². The van der Waals surface area contributed by atoms with Gasteiger partial charge in [0.05, 0.1) is 13.3 Å². The molecule has 0 saturated heterocycles. The summed E-state index contributed by atoms with van der Waals surface area (Å²) in [5.74, 6) is -6.37. The highest BCUT2D eigenvalue weighted by Crippen LogP contribution is 2.22. The summed E-state index contributed by atoms with van der Waals surface area (Å²) >= 11 is 0. The number of methoxy groups -OCH3 is 1. The maximum atomic E-state index is 13.3. The summed E-state index contributed by atoms with van der Waals surface area (Å²) in [7, 11) is 1.44. The lowest BCUT2D eigenvalue weighted by Gasteiger charge is -2.06. The number of hydrogen-bond donors (Lipinski definition) is 1. The summed E-state index contributed by atoms with van der Waals surface area (Å²) in [6, 6.07) is 6.69. The molecular weight excluding hydrogens is 290 g/mol. The van der Waals surface area contributed by atoms with Crippen molar-refractivity contribution in [3.63, 3.8) is 0 Å². The van der Waals surface area contributed by atoms with Crippen LogP contribution in [0.3, 0.4) is 0 Å². The summed E-state index contributed by atoms with van der Waals surface area (Å²) in [6.07, 6.45) is 1.19. The molecule has 2 aromatic rings. The first kappa shape index (κ1) is 14.8. The first-order valence-corrected chi connectivity index (χ1v) is 5.66. The predicted octanol–water partition coefficient (Wildman–Crippen LogP) is 3.09. The molecule has 110 valence electrons. The van der Waals surface area contributed by atoms with E-state index in [1.54, 1.807) is 24.3 Å². The number of hydrogen-bond acceptors (Lipinski definition) is 4. The highest BCUT2D eigenvalue weighted by molar-refractivity contribution is 5.83. The van der Waals surface area contributed by atoms with Gasteiger partial charge in [0.25, 0.3) is 11.9 Å². The zero-order chi connectivity index (χ0) is 15.4. The number of aromatic nitrogens is 1.